The van der Waals surface area contributed by atoms with Gasteiger partial charge in [0.05, 0.1) is 33.2 Å². The quantitative estimate of drug-likeness (QED) is 0.910. The van der Waals surface area contributed by atoms with Crippen molar-refractivity contribution in [3.05, 3.63) is 35.9 Å². The Bertz CT molecular complexity index is 663. The zero-order valence-electron chi connectivity index (χ0n) is 12.8. The van der Waals surface area contributed by atoms with Crippen LogP contribution in [0, 0.1) is 6.92 Å². The first-order valence-corrected chi connectivity index (χ1v) is 6.49. The van der Waals surface area contributed by atoms with Gasteiger partial charge in [-0.25, -0.2) is 4.98 Å². The average molecular weight is 303 g/mol. The normalized spacial score (nSPS) is 10.0. The Morgan fingerprint density at radius 1 is 1.05 bits per heavy atom. The highest BCUT2D eigenvalue weighted by atomic mass is 16.5. The first kappa shape index (κ1) is 15.6. The molecule has 0 bridgehead atoms. The molecule has 0 unspecified atom stereocenters. The lowest BCUT2D eigenvalue weighted by Crippen LogP contribution is -2.14. The number of nitrogens with zero attached hydrogens (tertiary/aromatic N) is 2. The fraction of sp³-hybridized carbons (Fsp3) is 0.267. The van der Waals surface area contributed by atoms with Gasteiger partial charge in [0.2, 0.25) is 5.75 Å². The molecule has 2 aromatic rings. The zero-order valence-corrected chi connectivity index (χ0v) is 12.8. The smallest absolute Gasteiger partial charge is 0.275 e. The summed E-state index contributed by atoms with van der Waals surface area (Å²) in [7, 11) is 4.53. The van der Waals surface area contributed by atoms with Crippen molar-refractivity contribution < 1.29 is 19.0 Å². The van der Waals surface area contributed by atoms with Crippen molar-refractivity contribution >= 4 is 11.6 Å². The summed E-state index contributed by atoms with van der Waals surface area (Å²) in [5.41, 5.74) is 1.40. The number of aromatic nitrogens is 2. The van der Waals surface area contributed by atoms with Gasteiger partial charge in [0.15, 0.2) is 11.5 Å². The number of methoxy groups -OCH3 is 3. The monoisotopic (exact) mass is 303 g/mol. The molecule has 7 heteroatoms. The van der Waals surface area contributed by atoms with Gasteiger partial charge >= 0.3 is 0 Å². The number of benzene rings is 1. The van der Waals surface area contributed by atoms with Crippen LogP contribution in [-0.4, -0.2) is 37.2 Å². The lowest BCUT2D eigenvalue weighted by Gasteiger charge is -2.14. The summed E-state index contributed by atoms with van der Waals surface area (Å²) in [5, 5.41) is 2.73. The number of rotatable bonds is 5. The number of anilines is 1. The fourth-order valence-electron chi connectivity index (χ4n) is 1.92. The van der Waals surface area contributed by atoms with Gasteiger partial charge in [0.1, 0.15) is 5.69 Å². The number of amides is 1. The van der Waals surface area contributed by atoms with E-state index in [4.69, 9.17) is 14.2 Å². The predicted molar refractivity (Wildman–Crippen MR) is 80.8 cm³/mol. The maximum atomic E-state index is 12.2. The molecule has 1 aromatic heterocycles. The Morgan fingerprint density at radius 3 is 2.18 bits per heavy atom. The maximum absolute atomic E-state index is 12.2. The zero-order chi connectivity index (χ0) is 16.1. The van der Waals surface area contributed by atoms with Crippen LogP contribution in [0.1, 0.15) is 16.2 Å². The molecule has 7 nitrogen and oxygen atoms in total. The Kier molecular flexibility index (Phi) is 4.77. The molecule has 0 aliphatic carbocycles. The Hall–Kier alpha value is -2.83. The number of ether oxygens (including phenoxy) is 3. The van der Waals surface area contributed by atoms with Crippen molar-refractivity contribution in [2.75, 3.05) is 26.6 Å². The van der Waals surface area contributed by atoms with E-state index in [0.29, 0.717) is 28.6 Å². The minimum Gasteiger partial charge on any atom is -0.493 e. The SMILES string of the molecule is COc1cc(NC(=O)c2cncc(C)n2)cc(OC)c1OC. The molecule has 0 aliphatic heterocycles. The number of aryl methyl sites for hydroxylation is 1. The predicted octanol–water partition coefficient (Wildman–Crippen LogP) is 2.06. The molecule has 0 saturated carbocycles. The molecule has 1 amide bonds. The van der Waals surface area contributed by atoms with Gasteiger partial charge in [0.25, 0.3) is 5.91 Å². The molecule has 0 aliphatic rings. The molecule has 1 heterocycles. The van der Waals surface area contributed by atoms with E-state index in [-0.39, 0.29) is 11.6 Å². The second kappa shape index (κ2) is 6.75. The van der Waals surface area contributed by atoms with Crippen LogP contribution < -0.4 is 19.5 Å². The third-order valence-electron chi connectivity index (χ3n) is 2.91. The summed E-state index contributed by atoms with van der Waals surface area (Å²) in [6.45, 7) is 1.77. The van der Waals surface area contributed by atoms with Crippen LogP contribution in [0.2, 0.25) is 0 Å². The standard InChI is InChI=1S/C15H17N3O4/c1-9-7-16-8-11(17-9)15(19)18-10-5-12(20-2)14(22-4)13(6-10)21-3/h5-8H,1-4H3,(H,18,19). The molecule has 2 rings (SSSR count). The summed E-state index contributed by atoms with van der Waals surface area (Å²) in [6, 6.07) is 3.28. The highest BCUT2D eigenvalue weighted by Gasteiger charge is 2.15. The van der Waals surface area contributed by atoms with E-state index in [1.807, 2.05) is 0 Å². The lowest BCUT2D eigenvalue weighted by atomic mass is 10.2. The van der Waals surface area contributed by atoms with Gasteiger partial charge in [-0.2, -0.15) is 0 Å². The number of hydrogen-bond acceptors (Lipinski definition) is 6. The van der Waals surface area contributed by atoms with Crippen molar-refractivity contribution in [3.63, 3.8) is 0 Å². The van der Waals surface area contributed by atoms with E-state index in [9.17, 15) is 4.79 Å². The van der Waals surface area contributed by atoms with Gasteiger partial charge in [-0.15, -0.1) is 0 Å². The highest BCUT2D eigenvalue weighted by molar-refractivity contribution is 6.03. The van der Waals surface area contributed by atoms with Crippen molar-refractivity contribution in [3.8, 4) is 17.2 Å². The maximum Gasteiger partial charge on any atom is 0.275 e. The van der Waals surface area contributed by atoms with Crippen LogP contribution in [0.3, 0.4) is 0 Å². The van der Waals surface area contributed by atoms with Crippen molar-refractivity contribution in [2.24, 2.45) is 0 Å². The summed E-state index contributed by atoms with van der Waals surface area (Å²) in [6.07, 6.45) is 2.98. The van der Waals surface area contributed by atoms with Crippen LogP contribution in [0.4, 0.5) is 5.69 Å². The third kappa shape index (κ3) is 3.25. The largest absolute Gasteiger partial charge is 0.493 e. The van der Waals surface area contributed by atoms with E-state index in [0.717, 1.165) is 0 Å². The van der Waals surface area contributed by atoms with Crippen LogP contribution in [-0.2, 0) is 0 Å². The van der Waals surface area contributed by atoms with Gasteiger partial charge in [-0.3, -0.25) is 9.78 Å². The topological polar surface area (TPSA) is 82.6 Å². The summed E-state index contributed by atoms with van der Waals surface area (Å²) < 4.78 is 15.7. The second-order valence-electron chi connectivity index (χ2n) is 4.41. The molecule has 22 heavy (non-hydrogen) atoms. The number of carbonyl (C=O) groups excluding carboxylic acids is 1. The first-order chi connectivity index (χ1) is 10.6. The fourth-order valence-corrected chi connectivity index (χ4v) is 1.92. The molecule has 0 atom stereocenters. The van der Waals surface area contributed by atoms with Crippen LogP contribution in [0.25, 0.3) is 0 Å². The van der Waals surface area contributed by atoms with Crippen LogP contribution >= 0.6 is 0 Å². The molecule has 0 saturated heterocycles. The Labute approximate surface area is 128 Å². The molecule has 0 spiro atoms. The summed E-state index contributed by atoms with van der Waals surface area (Å²) in [4.78, 5) is 20.3. The van der Waals surface area contributed by atoms with Crippen LogP contribution in [0.5, 0.6) is 17.2 Å². The van der Waals surface area contributed by atoms with E-state index < -0.39 is 0 Å². The number of carbonyl (C=O) groups is 1. The van der Waals surface area contributed by atoms with Crippen LogP contribution in [0.15, 0.2) is 24.5 Å². The Balaban J connectivity index is 2.31. The van der Waals surface area contributed by atoms with E-state index in [1.54, 1.807) is 25.3 Å². The summed E-state index contributed by atoms with van der Waals surface area (Å²) in [5.74, 6) is 0.990. The molecular formula is C15H17N3O4. The molecule has 1 aromatic carbocycles. The molecule has 0 radical (unpaired) electrons. The van der Waals surface area contributed by atoms with Crippen molar-refractivity contribution in [1.82, 2.24) is 9.97 Å². The van der Waals surface area contributed by atoms with Gasteiger partial charge in [-0.1, -0.05) is 0 Å². The third-order valence-corrected chi connectivity index (χ3v) is 2.91. The first-order valence-electron chi connectivity index (χ1n) is 6.49. The van der Waals surface area contributed by atoms with Crippen molar-refractivity contribution in [1.29, 1.82) is 0 Å². The number of nitrogens with one attached hydrogen (secondary N) is 1. The average Bonchev–Trinajstić information content (AvgIpc) is 2.53. The van der Waals surface area contributed by atoms with Crippen molar-refractivity contribution in [2.45, 2.75) is 6.92 Å². The minimum absolute atomic E-state index is 0.230. The molecule has 0 fully saturated rings. The Morgan fingerprint density at radius 2 is 1.68 bits per heavy atom. The van der Waals surface area contributed by atoms with E-state index in [2.05, 4.69) is 15.3 Å². The summed E-state index contributed by atoms with van der Waals surface area (Å²) >= 11 is 0. The lowest BCUT2D eigenvalue weighted by molar-refractivity contribution is 0.102. The highest BCUT2D eigenvalue weighted by Crippen LogP contribution is 2.39. The molecule has 116 valence electrons. The molecular weight excluding hydrogens is 286 g/mol. The second-order valence-corrected chi connectivity index (χ2v) is 4.41. The van der Waals surface area contributed by atoms with E-state index in [1.165, 1.54) is 27.5 Å². The van der Waals surface area contributed by atoms with Gasteiger partial charge in [0, 0.05) is 24.0 Å². The molecule has 1 N–H and O–H groups in total. The minimum atomic E-state index is -0.370. The van der Waals surface area contributed by atoms with E-state index >= 15 is 0 Å². The number of hydrogen-bond donors (Lipinski definition) is 1. The van der Waals surface area contributed by atoms with Gasteiger partial charge < -0.3 is 19.5 Å². The van der Waals surface area contributed by atoms with Gasteiger partial charge in [-0.05, 0) is 6.92 Å².